The molecule has 1 saturated carbocycles. The third kappa shape index (κ3) is 7.11. The second-order valence-corrected chi connectivity index (χ2v) is 6.74. The van der Waals surface area contributed by atoms with Crippen LogP contribution in [0, 0.1) is 5.82 Å². The number of rotatable bonds is 6. The van der Waals surface area contributed by atoms with E-state index in [0.29, 0.717) is 25.0 Å². The van der Waals surface area contributed by atoms with Crippen molar-refractivity contribution in [1.82, 2.24) is 15.5 Å². The second-order valence-electron chi connectivity index (χ2n) is 6.74. The van der Waals surface area contributed by atoms with Crippen molar-refractivity contribution in [2.45, 2.75) is 44.6 Å². The third-order valence-corrected chi connectivity index (χ3v) is 4.41. The van der Waals surface area contributed by atoms with Gasteiger partial charge in [0.15, 0.2) is 5.96 Å². The molecular formula is C19H29FN4O. The maximum absolute atomic E-state index is 13.2. The number of nitrogens with zero attached hydrogens (tertiary/aromatic N) is 2. The van der Waals surface area contributed by atoms with E-state index < -0.39 is 0 Å². The van der Waals surface area contributed by atoms with Crippen molar-refractivity contribution in [1.29, 1.82) is 0 Å². The molecule has 2 rings (SSSR count). The Balaban J connectivity index is 1.90. The molecule has 0 spiro atoms. The van der Waals surface area contributed by atoms with Crippen LogP contribution in [0.1, 0.15) is 37.7 Å². The minimum Gasteiger partial charge on any atom is -0.356 e. The van der Waals surface area contributed by atoms with Crippen LogP contribution < -0.4 is 10.6 Å². The van der Waals surface area contributed by atoms with Crippen molar-refractivity contribution in [3.05, 3.63) is 35.6 Å². The number of carbonyl (C=O) groups is 1. The number of guanidine groups is 1. The number of halogens is 1. The molecule has 25 heavy (non-hydrogen) atoms. The van der Waals surface area contributed by atoms with Crippen molar-refractivity contribution < 1.29 is 9.18 Å². The van der Waals surface area contributed by atoms with E-state index in [4.69, 9.17) is 0 Å². The zero-order valence-corrected chi connectivity index (χ0v) is 15.2. The minimum absolute atomic E-state index is 0.0325. The lowest BCUT2D eigenvalue weighted by Crippen LogP contribution is -2.45. The van der Waals surface area contributed by atoms with E-state index in [1.54, 1.807) is 26.2 Å². The topological polar surface area (TPSA) is 56.7 Å². The summed E-state index contributed by atoms with van der Waals surface area (Å²) in [6.07, 6.45) is 6.70. The standard InChI is InChI=1S/C19H29FN4O/c1-24(2)18(25)14-22-19(23-17-9-4-3-5-10-17)21-12-11-15-7-6-8-16(20)13-15/h6-8,13,17H,3-5,9-12,14H2,1-2H3,(H2,21,22,23). The van der Waals surface area contributed by atoms with Crippen LogP contribution in [0.2, 0.25) is 0 Å². The van der Waals surface area contributed by atoms with Gasteiger partial charge in [-0.05, 0) is 37.0 Å². The zero-order valence-electron chi connectivity index (χ0n) is 15.2. The van der Waals surface area contributed by atoms with E-state index in [1.807, 2.05) is 6.07 Å². The van der Waals surface area contributed by atoms with Gasteiger partial charge in [-0.2, -0.15) is 0 Å². The first-order valence-corrected chi connectivity index (χ1v) is 9.04. The summed E-state index contributed by atoms with van der Waals surface area (Å²) in [5.74, 6) is 0.414. The van der Waals surface area contributed by atoms with Crippen LogP contribution in [-0.2, 0) is 11.2 Å². The molecule has 0 aliphatic heterocycles. The van der Waals surface area contributed by atoms with Gasteiger partial charge in [-0.1, -0.05) is 31.4 Å². The largest absolute Gasteiger partial charge is 0.356 e. The van der Waals surface area contributed by atoms with Crippen LogP contribution in [-0.4, -0.2) is 50.0 Å². The first-order chi connectivity index (χ1) is 12.0. The molecule has 0 radical (unpaired) electrons. The Bertz CT molecular complexity index is 583. The molecule has 1 aliphatic rings. The highest BCUT2D eigenvalue weighted by Gasteiger charge is 2.15. The molecule has 0 aromatic heterocycles. The lowest BCUT2D eigenvalue weighted by atomic mass is 9.96. The molecular weight excluding hydrogens is 319 g/mol. The van der Waals surface area contributed by atoms with Crippen LogP contribution in [0.15, 0.2) is 29.3 Å². The molecule has 0 atom stereocenters. The highest BCUT2D eigenvalue weighted by molar-refractivity contribution is 5.84. The monoisotopic (exact) mass is 348 g/mol. The summed E-state index contributed by atoms with van der Waals surface area (Å²) in [5.41, 5.74) is 0.939. The molecule has 6 heteroatoms. The summed E-state index contributed by atoms with van der Waals surface area (Å²) in [5, 5.41) is 6.72. The number of benzene rings is 1. The average Bonchev–Trinajstić information content (AvgIpc) is 2.60. The molecule has 1 amide bonds. The van der Waals surface area contributed by atoms with E-state index in [9.17, 15) is 9.18 Å². The molecule has 0 unspecified atom stereocenters. The van der Waals surface area contributed by atoms with E-state index in [2.05, 4.69) is 15.6 Å². The fourth-order valence-corrected chi connectivity index (χ4v) is 2.90. The first-order valence-electron chi connectivity index (χ1n) is 9.04. The fraction of sp³-hybridized carbons (Fsp3) is 0.579. The summed E-state index contributed by atoms with van der Waals surface area (Å²) < 4.78 is 13.2. The second kappa shape index (κ2) is 10.0. The lowest BCUT2D eigenvalue weighted by Gasteiger charge is -2.25. The van der Waals surface area contributed by atoms with Crippen LogP contribution in [0.3, 0.4) is 0 Å². The van der Waals surface area contributed by atoms with Crippen molar-refractivity contribution in [3.8, 4) is 0 Å². The fourth-order valence-electron chi connectivity index (χ4n) is 2.90. The van der Waals surface area contributed by atoms with E-state index in [1.165, 1.54) is 30.2 Å². The average molecular weight is 348 g/mol. The number of hydrogen-bond donors (Lipinski definition) is 2. The quantitative estimate of drug-likeness (QED) is 0.613. The van der Waals surface area contributed by atoms with E-state index >= 15 is 0 Å². The molecule has 5 nitrogen and oxygen atoms in total. The first kappa shape index (κ1) is 19.2. The van der Waals surface area contributed by atoms with Gasteiger partial charge in [-0.3, -0.25) is 4.79 Å². The van der Waals surface area contributed by atoms with Crippen molar-refractivity contribution >= 4 is 11.9 Å². The summed E-state index contributed by atoms with van der Waals surface area (Å²) >= 11 is 0. The number of aliphatic imine (C=N–C) groups is 1. The SMILES string of the molecule is CN(C)C(=O)CN=C(NCCc1cccc(F)c1)NC1CCCCC1. The Labute approximate surface area is 149 Å². The van der Waals surface area contributed by atoms with Gasteiger partial charge >= 0.3 is 0 Å². The maximum atomic E-state index is 13.2. The number of nitrogens with one attached hydrogen (secondary N) is 2. The van der Waals surface area contributed by atoms with Crippen LogP contribution >= 0.6 is 0 Å². The number of carbonyl (C=O) groups excluding carboxylic acids is 1. The van der Waals surface area contributed by atoms with Crippen LogP contribution in [0.4, 0.5) is 4.39 Å². The van der Waals surface area contributed by atoms with Crippen molar-refractivity contribution in [3.63, 3.8) is 0 Å². The molecule has 1 aromatic rings. The summed E-state index contributed by atoms with van der Waals surface area (Å²) in [6, 6.07) is 7.02. The highest BCUT2D eigenvalue weighted by atomic mass is 19.1. The molecule has 1 aliphatic carbocycles. The molecule has 0 saturated heterocycles. The van der Waals surface area contributed by atoms with Gasteiger partial charge in [0.1, 0.15) is 12.4 Å². The smallest absolute Gasteiger partial charge is 0.243 e. The Hall–Kier alpha value is -2.11. The molecule has 1 aromatic carbocycles. The number of likely N-dealkylation sites (N-methyl/N-ethyl adjacent to an activating group) is 1. The lowest BCUT2D eigenvalue weighted by molar-refractivity contribution is -0.127. The van der Waals surface area contributed by atoms with Crippen molar-refractivity contribution in [2.75, 3.05) is 27.2 Å². The zero-order chi connectivity index (χ0) is 18.1. The van der Waals surface area contributed by atoms with Crippen LogP contribution in [0.5, 0.6) is 0 Å². The molecule has 1 fully saturated rings. The van der Waals surface area contributed by atoms with E-state index in [-0.39, 0.29) is 18.3 Å². The van der Waals surface area contributed by atoms with Crippen LogP contribution in [0.25, 0.3) is 0 Å². The molecule has 2 N–H and O–H groups in total. The van der Waals surface area contributed by atoms with Gasteiger partial charge in [0.2, 0.25) is 5.91 Å². The summed E-state index contributed by atoms with van der Waals surface area (Å²) in [6.45, 7) is 0.757. The number of hydrogen-bond acceptors (Lipinski definition) is 2. The summed E-state index contributed by atoms with van der Waals surface area (Å²) in [7, 11) is 3.45. The minimum atomic E-state index is -0.219. The predicted molar refractivity (Wildman–Crippen MR) is 99.1 cm³/mol. The Kier molecular flexibility index (Phi) is 7.70. The molecule has 138 valence electrons. The predicted octanol–water partition coefficient (Wildman–Crippen LogP) is 2.32. The highest BCUT2D eigenvalue weighted by Crippen LogP contribution is 2.17. The Morgan fingerprint density at radius 2 is 2.04 bits per heavy atom. The van der Waals surface area contributed by atoms with Crippen molar-refractivity contribution in [2.24, 2.45) is 4.99 Å². The van der Waals surface area contributed by atoms with Gasteiger partial charge in [0.05, 0.1) is 0 Å². The number of amides is 1. The summed E-state index contributed by atoms with van der Waals surface area (Å²) in [4.78, 5) is 17.7. The third-order valence-electron chi connectivity index (χ3n) is 4.41. The van der Waals surface area contributed by atoms with E-state index in [0.717, 1.165) is 18.4 Å². The maximum Gasteiger partial charge on any atom is 0.243 e. The normalized spacial score (nSPS) is 15.7. The Morgan fingerprint density at radius 1 is 1.28 bits per heavy atom. The van der Waals surface area contributed by atoms with Gasteiger partial charge in [0, 0.05) is 26.7 Å². The van der Waals surface area contributed by atoms with Gasteiger partial charge in [-0.25, -0.2) is 9.38 Å². The molecule has 0 bridgehead atoms. The van der Waals surface area contributed by atoms with Gasteiger partial charge in [-0.15, -0.1) is 0 Å². The Morgan fingerprint density at radius 3 is 2.72 bits per heavy atom. The molecule has 0 heterocycles. The van der Waals surface area contributed by atoms with Gasteiger partial charge < -0.3 is 15.5 Å². The van der Waals surface area contributed by atoms with Gasteiger partial charge in [0.25, 0.3) is 0 Å².